The number of thiophene rings is 1. The van der Waals surface area contributed by atoms with Crippen molar-refractivity contribution in [3.05, 3.63) is 52.2 Å². The Balaban J connectivity index is 1.43. The van der Waals surface area contributed by atoms with Gasteiger partial charge in [-0.1, -0.05) is 12.1 Å². The van der Waals surface area contributed by atoms with E-state index in [9.17, 15) is 4.79 Å². The smallest absolute Gasteiger partial charge is 0.220 e. The third kappa shape index (κ3) is 5.01. The molecule has 1 aliphatic heterocycles. The number of rotatable bonds is 6. The molecule has 3 rings (SSSR count). The highest BCUT2D eigenvalue weighted by molar-refractivity contribution is 7.99. The Morgan fingerprint density at radius 2 is 1.87 bits per heavy atom. The van der Waals surface area contributed by atoms with Crippen molar-refractivity contribution in [1.29, 1.82) is 0 Å². The predicted octanol–water partition coefficient (Wildman–Crippen LogP) is 3.55. The summed E-state index contributed by atoms with van der Waals surface area (Å²) in [5.74, 6) is 2.54. The number of amides is 1. The Morgan fingerprint density at radius 1 is 1.09 bits per heavy atom. The molecule has 2 aromatic rings. The molecule has 1 saturated heterocycles. The first-order valence-electron chi connectivity index (χ1n) is 8.01. The lowest BCUT2D eigenvalue weighted by Gasteiger charge is -2.28. The van der Waals surface area contributed by atoms with Crippen LogP contribution in [0, 0.1) is 0 Å². The van der Waals surface area contributed by atoms with E-state index in [1.807, 2.05) is 11.8 Å². The largest absolute Gasteiger partial charge is 0.370 e. The molecule has 0 saturated carbocycles. The van der Waals surface area contributed by atoms with E-state index in [4.69, 9.17) is 0 Å². The van der Waals surface area contributed by atoms with Gasteiger partial charge in [0.05, 0.1) is 0 Å². The second kappa shape index (κ2) is 8.41. The van der Waals surface area contributed by atoms with Crippen molar-refractivity contribution in [1.82, 2.24) is 5.32 Å². The van der Waals surface area contributed by atoms with Gasteiger partial charge in [0.15, 0.2) is 0 Å². The van der Waals surface area contributed by atoms with Gasteiger partial charge in [-0.25, -0.2) is 0 Å². The van der Waals surface area contributed by atoms with Gasteiger partial charge >= 0.3 is 0 Å². The van der Waals surface area contributed by atoms with Crippen LogP contribution in [0.1, 0.15) is 17.5 Å². The molecule has 0 radical (unpaired) electrons. The van der Waals surface area contributed by atoms with Crippen LogP contribution in [0.3, 0.4) is 0 Å². The Hall–Kier alpha value is -1.46. The number of hydrogen-bond acceptors (Lipinski definition) is 4. The number of anilines is 1. The van der Waals surface area contributed by atoms with Crippen LogP contribution >= 0.6 is 23.1 Å². The molecule has 0 spiro atoms. The van der Waals surface area contributed by atoms with Crippen molar-refractivity contribution in [2.45, 2.75) is 19.4 Å². The average molecular weight is 347 g/mol. The minimum Gasteiger partial charge on any atom is -0.370 e. The maximum Gasteiger partial charge on any atom is 0.220 e. The van der Waals surface area contributed by atoms with Crippen LogP contribution in [0.2, 0.25) is 0 Å². The molecule has 1 aliphatic rings. The summed E-state index contributed by atoms with van der Waals surface area (Å²) in [4.78, 5) is 14.3. The summed E-state index contributed by atoms with van der Waals surface area (Å²) < 4.78 is 0. The van der Waals surface area contributed by atoms with Gasteiger partial charge in [0.2, 0.25) is 5.91 Å². The molecule has 2 heterocycles. The van der Waals surface area contributed by atoms with E-state index < -0.39 is 0 Å². The second-order valence-corrected chi connectivity index (χ2v) is 7.68. The number of benzene rings is 1. The SMILES string of the molecule is O=C(CCc1ccsc1)NCc1ccc(N2CCSCC2)cc1. The molecule has 1 aromatic carbocycles. The van der Waals surface area contributed by atoms with Crippen molar-refractivity contribution in [3.63, 3.8) is 0 Å². The summed E-state index contributed by atoms with van der Waals surface area (Å²) in [6.07, 6.45) is 1.38. The van der Waals surface area contributed by atoms with E-state index in [2.05, 4.69) is 51.3 Å². The van der Waals surface area contributed by atoms with E-state index in [1.54, 1.807) is 11.3 Å². The van der Waals surface area contributed by atoms with E-state index in [0.717, 1.165) is 25.1 Å². The van der Waals surface area contributed by atoms with Crippen LogP contribution in [-0.4, -0.2) is 30.5 Å². The number of carbonyl (C=O) groups is 1. The van der Waals surface area contributed by atoms with E-state index in [0.29, 0.717) is 13.0 Å². The summed E-state index contributed by atoms with van der Waals surface area (Å²) in [6.45, 7) is 2.87. The summed E-state index contributed by atoms with van der Waals surface area (Å²) >= 11 is 3.70. The molecule has 122 valence electrons. The Labute approximate surface area is 146 Å². The lowest BCUT2D eigenvalue weighted by Crippen LogP contribution is -2.32. The van der Waals surface area contributed by atoms with Crippen LogP contribution in [0.5, 0.6) is 0 Å². The number of aryl methyl sites for hydroxylation is 1. The Morgan fingerprint density at radius 3 is 2.57 bits per heavy atom. The normalized spacial score (nSPS) is 14.7. The van der Waals surface area contributed by atoms with Gasteiger partial charge in [-0.2, -0.15) is 23.1 Å². The molecule has 0 aliphatic carbocycles. The molecule has 23 heavy (non-hydrogen) atoms. The van der Waals surface area contributed by atoms with Crippen LogP contribution in [0.25, 0.3) is 0 Å². The minimum atomic E-state index is 0.119. The Kier molecular flexibility index (Phi) is 6.00. The summed E-state index contributed by atoms with van der Waals surface area (Å²) in [6, 6.07) is 10.7. The quantitative estimate of drug-likeness (QED) is 0.868. The highest BCUT2D eigenvalue weighted by atomic mass is 32.2. The summed E-state index contributed by atoms with van der Waals surface area (Å²) in [7, 11) is 0. The molecule has 3 nitrogen and oxygen atoms in total. The van der Waals surface area contributed by atoms with Gasteiger partial charge < -0.3 is 10.2 Å². The van der Waals surface area contributed by atoms with Crippen molar-refractivity contribution < 1.29 is 4.79 Å². The fourth-order valence-corrected chi connectivity index (χ4v) is 4.23. The van der Waals surface area contributed by atoms with Gasteiger partial charge in [-0.15, -0.1) is 0 Å². The third-order valence-electron chi connectivity index (χ3n) is 4.02. The maximum absolute atomic E-state index is 11.9. The highest BCUT2D eigenvalue weighted by Gasteiger charge is 2.10. The highest BCUT2D eigenvalue weighted by Crippen LogP contribution is 2.19. The van der Waals surface area contributed by atoms with Crippen LogP contribution < -0.4 is 10.2 Å². The Bertz CT molecular complexity index is 604. The zero-order valence-electron chi connectivity index (χ0n) is 13.2. The third-order valence-corrected chi connectivity index (χ3v) is 5.70. The van der Waals surface area contributed by atoms with Crippen molar-refractivity contribution in [2.75, 3.05) is 29.5 Å². The number of hydrogen-bond donors (Lipinski definition) is 1. The van der Waals surface area contributed by atoms with Gasteiger partial charge in [-0.05, 0) is 46.5 Å². The number of nitrogens with zero attached hydrogens (tertiary/aromatic N) is 1. The average Bonchev–Trinajstić information content (AvgIpc) is 3.13. The molecular formula is C18H22N2OS2. The predicted molar refractivity (Wildman–Crippen MR) is 100 cm³/mol. The first-order valence-corrected chi connectivity index (χ1v) is 10.1. The van der Waals surface area contributed by atoms with Crippen LogP contribution in [-0.2, 0) is 17.8 Å². The van der Waals surface area contributed by atoms with Crippen molar-refractivity contribution in [2.24, 2.45) is 0 Å². The van der Waals surface area contributed by atoms with Crippen molar-refractivity contribution >= 4 is 34.7 Å². The van der Waals surface area contributed by atoms with E-state index in [1.165, 1.54) is 22.8 Å². The molecule has 1 fully saturated rings. The lowest BCUT2D eigenvalue weighted by molar-refractivity contribution is -0.121. The van der Waals surface area contributed by atoms with E-state index >= 15 is 0 Å². The molecule has 1 N–H and O–H groups in total. The van der Waals surface area contributed by atoms with Crippen LogP contribution in [0.4, 0.5) is 5.69 Å². The summed E-state index contributed by atoms with van der Waals surface area (Å²) in [5.41, 5.74) is 3.69. The zero-order chi connectivity index (χ0) is 15.9. The first-order chi connectivity index (χ1) is 11.3. The van der Waals surface area contributed by atoms with Gasteiger partial charge in [0.1, 0.15) is 0 Å². The number of carbonyl (C=O) groups excluding carboxylic acids is 1. The van der Waals surface area contributed by atoms with Gasteiger partial charge in [-0.3, -0.25) is 4.79 Å². The molecule has 0 atom stereocenters. The molecule has 1 aromatic heterocycles. The van der Waals surface area contributed by atoms with E-state index in [-0.39, 0.29) is 5.91 Å². The lowest BCUT2D eigenvalue weighted by atomic mass is 10.1. The van der Waals surface area contributed by atoms with Gasteiger partial charge in [0.25, 0.3) is 0 Å². The maximum atomic E-state index is 11.9. The minimum absolute atomic E-state index is 0.119. The number of thioether (sulfide) groups is 1. The summed E-state index contributed by atoms with van der Waals surface area (Å²) in [5, 5.41) is 7.16. The monoisotopic (exact) mass is 346 g/mol. The topological polar surface area (TPSA) is 32.3 Å². The molecule has 0 bridgehead atoms. The first kappa shape index (κ1) is 16.4. The fourth-order valence-electron chi connectivity index (χ4n) is 2.63. The number of nitrogens with one attached hydrogen (secondary N) is 1. The molecule has 0 unspecified atom stereocenters. The molecular weight excluding hydrogens is 324 g/mol. The van der Waals surface area contributed by atoms with Gasteiger partial charge in [0, 0.05) is 43.2 Å². The molecule has 5 heteroatoms. The second-order valence-electron chi connectivity index (χ2n) is 5.67. The standard InChI is InChI=1S/C18H22N2OS2/c21-18(6-3-16-7-10-23-14-16)19-13-15-1-4-17(5-2-15)20-8-11-22-12-9-20/h1-2,4-5,7,10,14H,3,6,8-9,11-13H2,(H,19,21). The van der Waals surface area contributed by atoms with Crippen molar-refractivity contribution in [3.8, 4) is 0 Å². The van der Waals surface area contributed by atoms with Crippen LogP contribution in [0.15, 0.2) is 41.1 Å². The fraction of sp³-hybridized carbons (Fsp3) is 0.389. The molecule has 1 amide bonds. The zero-order valence-corrected chi connectivity index (χ0v) is 14.8.